The zero-order valence-corrected chi connectivity index (χ0v) is 9.76. The van der Waals surface area contributed by atoms with Gasteiger partial charge in [0.1, 0.15) is 6.33 Å². The fraction of sp³-hybridized carbons (Fsp3) is 0.385. The van der Waals surface area contributed by atoms with E-state index < -0.39 is 0 Å². The van der Waals surface area contributed by atoms with Crippen molar-refractivity contribution in [3.63, 3.8) is 0 Å². The number of nitrogens with zero attached hydrogens (tertiary/aromatic N) is 3. The molecular weight excluding hydrogens is 212 g/mol. The molecule has 0 fully saturated rings. The maximum Gasteiger partial charge on any atom is 0.151 e. The Kier molecular flexibility index (Phi) is 2.78. The highest BCUT2D eigenvalue weighted by Gasteiger charge is 2.14. The molecule has 88 valence electrons. The van der Waals surface area contributed by atoms with E-state index in [0.29, 0.717) is 0 Å². The van der Waals surface area contributed by atoms with Gasteiger partial charge in [-0.1, -0.05) is 6.42 Å². The second-order valence-corrected chi connectivity index (χ2v) is 4.41. The average molecular weight is 228 g/mol. The van der Waals surface area contributed by atoms with E-state index in [0.717, 1.165) is 18.7 Å². The average Bonchev–Trinajstić information content (AvgIpc) is 2.73. The summed E-state index contributed by atoms with van der Waals surface area (Å²) in [5.41, 5.74) is 5.81. The predicted octanol–water partition coefficient (Wildman–Crippen LogP) is 2.42. The summed E-state index contributed by atoms with van der Waals surface area (Å²) >= 11 is 0. The van der Waals surface area contributed by atoms with Crippen LogP contribution in [-0.4, -0.2) is 14.6 Å². The minimum absolute atomic E-state index is 0.952. The van der Waals surface area contributed by atoms with Gasteiger partial charge in [-0.3, -0.25) is 10.1 Å². The highest BCUT2D eigenvalue weighted by Crippen LogP contribution is 2.23. The first-order valence-electron chi connectivity index (χ1n) is 6.16. The van der Waals surface area contributed by atoms with Gasteiger partial charge in [0, 0.05) is 23.7 Å². The third kappa shape index (κ3) is 2.16. The number of aromatic nitrogens is 3. The summed E-state index contributed by atoms with van der Waals surface area (Å²) in [6.45, 7) is 0. The maximum absolute atomic E-state index is 4.41. The molecule has 3 rings (SSSR count). The Morgan fingerprint density at radius 3 is 2.71 bits per heavy atom. The molecule has 0 aromatic carbocycles. The summed E-state index contributed by atoms with van der Waals surface area (Å²) in [5, 5.41) is 0. The van der Waals surface area contributed by atoms with Crippen molar-refractivity contribution in [2.75, 3.05) is 5.43 Å². The van der Waals surface area contributed by atoms with Gasteiger partial charge in [0.2, 0.25) is 0 Å². The highest BCUT2D eigenvalue weighted by molar-refractivity contribution is 5.46. The van der Waals surface area contributed by atoms with Gasteiger partial charge in [-0.2, -0.15) is 0 Å². The van der Waals surface area contributed by atoms with E-state index in [1.54, 1.807) is 6.33 Å². The standard InChI is InChI=1S/C13H16N4/c1-2-6-11-12(7-3-1)14-10-15-13(11)16-17-8-4-5-9-17/h4-5,8-10H,1-3,6-7H2,(H,14,15,16). The van der Waals surface area contributed by atoms with Crippen LogP contribution in [0.4, 0.5) is 5.82 Å². The molecule has 4 nitrogen and oxygen atoms in total. The SMILES string of the molecule is c1ccn(Nc2ncnc3c2CCCCC3)c1. The van der Waals surface area contributed by atoms with Crippen molar-refractivity contribution in [2.45, 2.75) is 32.1 Å². The maximum atomic E-state index is 4.41. The molecule has 0 saturated carbocycles. The number of fused-ring (bicyclic) bond motifs is 1. The van der Waals surface area contributed by atoms with E-state index in [4.69, 9.17) is 0 Å². The topological polar surface area (TPSA) is 42.7 Å². The minimum atomic E-state index is 0.952. The van der Waals surface area contributed by atoms with Gasteiger partial charge in [-0.15, -0.1) is 0 Å². The summed E-state index contributed by atoms with van der Waals surface area (Å²) < 4.78 is 1.92. The van der Waals surface area contributed by atoms with Crippen molar-refractivity contribution in [1.29, 1.82) is 0 Å². The Balaban J connectivity index is 1.94. The Morgan fingerprint density at radius 1 is 1.00 bits per heavy atom. The molecule has 1 aliphatic rings. The van der Waals surface area contributed by atoms with Gasteiger partial charge in [-0.05, 0) is 37.8 Å². The predicted molar refractivity (Wildman–Crippen MR) is 66.7 cm³/mol. The molecule has 0 atom stereocenters. The third-order valence-electron chi connectivity index (χ3n) is 3.21. The van der Waals surface area contributed by atoms with E-state index in [1.807, 2.05) is 29.2 Å². The molecule has 0 saturated heterocycles. The monoisotopic (exact) mass is 228 g/mol. The van der Waals surface area contributed by atoms with Crippen molar-refractivity contribution < 1.29 is 0 Å². The first-order valence-corrected chi connectivity index (χ1v) is 6.16. The van der Waals surface area contributed by atoms with Gasteiger partial charge in [0.05, 0.1) is 0 Å². The molecule has 0 radical (unpaired) electrons. The largest absolute Gasteiger partial charge is 0.278 e. The number of rotatable bonds is 2. The lowest BCUT2D eigenvalue weighted by atomic mass is 10.1. The first kappa shape index (κ1) is 10.3. The van der Waals surface area contributed by atoms with E-state index in [-0.39, 0.29) is 0 Å². The lowest BCUT2D eigenvalue weighted by Crippen LogP contribution is -2.11. The molecule has 2 heterocycles. The molecule has 4 heteroatoms. The molecule has 1 N–H and O–H groups in total. The summed E-state index contributed by atoms with van der Waals surface area (Å²) in [6, 6.07) is 3.99. The van der Waals surface area contributed by atoms with Crippen LogP contribution in [-0.2, 0) is 12.8 Å². The quantitative estimate of drug-likeness (QED) is 0.803. The third-order valence-corrected chi connectivity index (χ3v) is 3.21. The van der Waals surface area contributed by atoms with Crippen molar-refractivity contribution >= 4 is 5.82 Å². The summed E-state index contributed by atoms with van der Waals surface area (Å²) in [6.07, 6.45) is 11.6. The van der Waals surface area contributed by atoms with Crippen LogP contribution in [0.5, 0.6) is 0 Å². The zero-order valence-electron chi connectivity index (χ0n) is 9.76. The van der Waals surface area contributed by atoms with Crippen LogP contribution in [0.3, 0.4) is 0 Å². The molecular formula is C13H16N4. The number of hydrogen-bond donors (Lipinski definition) is 1. The highest BCUT2D eigenvalue weighted by atomic mass is 15.4. The number of aryl methyl sites for hydroxylation is 1. The molecule has 0 unspecified atom stereocenters. The van der Waals surface area contributed by atoms with Gasteiger partial charge in [-0.25, -0.2) is 9.97 Å². The fourth-order valence-corrected chi connectivity index (χ4v) is 2.33. The smallest absolute Gasteiger partial charge is 0.151 e. The molecule has 2 aromatic rings. The molecule has 1 aliphatic carbocycles. The molecule has 0 aliphatic heterocycles. The van der Waals surface area contributed by atoms with E-state index in [9.17, 15) is 0 Å². The normalized spacial score (nSPS) is 15.1. The van der Waals surface area contributed by atoms with Crippen LogP contribution < -0.4 is 5.43 Å². The van der Waals surface area contributed by atoms with E-state index in [2.05, 4.69) is 15.4 Å². The molecule has 0 spiro atoms. The van der Waals surface area contributed by atoms with Crippen LogP contribution in [0.1, 0.15) is 30.5 Å². The first-order chi connectivity index (χ1) is 8.43. The Hall–Kier alpha value is -1.84. The van der Waals surface area contributed by atoms with Crippen LogP contribution >= 0.6 is 0 Å². The van der Waals surface area contributed by atoms with Crippen LogP contribution in [0, 0.1) is 0 Å². The van der Waals surface area contributed by atoms with Crippen LogP contribution in [0.25, 0.3) is 0 Å². The van der Waals surface area contributed by atoms with Gasteiger partial charge in [0.25, 0.3) is 0 Å². The Labute approximate surface area is 101 Å². The van der Waals surface area contributed by atoms with Gasteiger partial charge >= 0.3 is 0 Å². The minimum Gasteiger partial charge on any atom is -0.278 e. The fourth-order valence-electron chi connectivity index (χ4n) is 2.33. The second-order valence-electron chi connectivity index (χ2n) is 4.41. The van der Waals surface area contributed by atoms with Crippen molar-refractivity contribution in [3.05, 3.63) is 42.1 Å². The van der Waals surface area contributed by atoms with E-state index in [1.165, 1.54) is 30.5 Å². The van der Waals surface area contributed by atoms with Crippen LogP contribution in [0.15, 0.2) is 30.9 Å². The molecule has 2 aromatic heterocycles. The number of nitrogens with one attached hydrogen (secondary N) is 1. The van der Waals surface area contributed by atoms with E-state index >= 15 is 0 Å². The summed E-state index contributed by atoms with van der Waals surface area (Å²) in [5.74, 6) is 0.952. The van der Waals surface area contributed by atoms with Crippen LogP contribution in [0.2, 0.25) is 0 Å². The molecule has 0 amide bonds. The number of anilines is 1. The zero-order chi connectivity index (χ0) is 11.5. The summed E-state index contributed by atoms with van der Waals surface area (Å²) in [4.78, 5) is 8.77. The van der Waals surface area contributed by atoms with Crippen molar-refractivity contribution in [2.24, 2.45) is 0 Å². The number of hydrogen-bond acceptors (Lipinski definition) is 3. The van der Waals surface area contributed by atoms with Gasteiger partial charge in [0.15, 0.2) is 5.82 Å². The van der Waals surface area contributed by atoms with Gasteiger partial charge < -0.3 is 0 Å². The second kappa shape index (κ2) is 4.57. The van der Waals surface area contributed by atoms with Crippen molar-refractivity contribution in [3.8, 4) is 0 Å². The van der Waals surface area contributed by atoms with Crippen molar-refractivity contribution in [1.82, 2.24) is 14.6 Å². The molecule has 0 bridgehead atoms. The Bertz CT molecular complexity index is 490. The Morgan fingerprint density at radius 2 is 1.82 bits per heavy atom. The molecule has 17 heavy (non-hydrogen) atoms. The lowest BCUT2D eigenvalue weighted by molar-refractivity contribution is 0.708. The lowest BCUT2D eigenvalue weighted by Gasteiger charge is -2.12. The summed E-state index contributed by atoms with van der Waals surface area (Å²) in [7, 11) is 0.